The van der Waals surface area contributed by atoms with E-state index in [0.717, 1.165) is 26.1 Å². The Morgan fingerprint density at radius 1 is 1.27 bits per heavy atom. The van der Waals surface area contributed by atoms with Crippen LogP contribution in [0.1, 0.15) is 50.2 Å². The van der Waals surface area contributed by atoms with Gasteiger partial charge in [-0.1, -0.05) is 38.1 Å². The largest absolute Gasteiger partial charge is 0.337 e. The van der Waals surface area contributed by atoms with Gasteiger partial charge in [0.15, 0.2) is 0 Å². The lowest BCUT2D eigenvalue weighted by Gasteiger charge is -2.34. The molecule has 22 heavy (non-hydrogen) atoms. The molecule has 1 aromatic carbocycles. The van der Waals surface area contributed by atoms with Crippen LogP contribution in [0.15, 0.2) is 24.3 Å². The van der Waals surface area contributed by atoms with Crippen LogP contribution in [0, 0.1) is 5.92 Å². The van der Waals surface area contributed by atoms with Gasteiger partial charge >= 0.3 is 0 Å². The zero-order valence-corrected chi connectivity index (χ0v) is 14.5. The van der Waals surface area contributed by atoms with Crippen molar-refractivity contribution >= 4 is 18.3 Å². The summed E-state index contributed by atoms with van der Waals surface area (Å²) in [7, 11) is 0. The van der Waals surface area contributed by atoms with E-state index in [9.17, 15) is 4.79 Å². The monoisotopic (exact) mass is 322 g/mol. The molecule has 3 atom stereocenters. The molecular weight excluding hydrogens is 296 g/mol. The molecule has 3 rings (SSSR count). The van der Waals surface area contributed by atoms with Crippen LogP contribution in [0.25, 0.3) is 0 Å². The van der Waals surface area contributed by atoms with Gasteiger partial charge in [-0.2, -0.15) is 0 Å². The molecule has 1 saturated carbocycles. The molecule has 1 N–H and O–H groups in total. The van der Waals surface area contributed by atoms with Gasteiger partial charge in [0.25, 0.3) is 0 Å². The fourth-order valence-corrected chi connectivity index (χ4v) is 3.35. The number of carbonyl (C=O) groups excluding carboxylic acids is 1. The highest BCUT2D eigenvalue weighted by Gasteiger charge is 2.46. The normalized spacial score (nSPS) is 27.5. The number of nitrogens with one attached hydrogen (secondary N) is 1. The van der Waals surface area contributed by atoms with Gasteiger partial charge in [-0.15, -0.1) is 12.4 Å². The van der Waals surface area contributed by atoms with E-state index in [4.69, 9.17) is 0 Å². The Hall–Kier alpha value is -1.06. The topological polar surface area (TPSA) is 32.3 Å². The molecule has 3 unspecified atom stereocenters. The van der Waals surface area contributed by atoms with Crippen molar-refractivity contribution in [3.8, 4) is 0 Å². The van der Waals surface area contributed by atoms with E-state index < -0.39 is 0 Å². The third-order valence-corrected chi connectivity index (χ3v) is 4.92. The second kappa shape index (κ2) is 7.01. The van der Waals surface area contributed by atoms with Crippen molar-refractivity contribution in [2.75, 3.05) is 19.6 Å². The van der Waals surface area contributed by atoms with Crippen molar-refractivity contribution in [3.05, 3.63) is 35.4 Å². The van der Waals surface area contributed by atoms with Crippen molar-refractivity contribution in [1.82, 2.24) is 10.2 Å². The van der Waals surface area contributed by atoms with Gasteiger partial charge in [-0.25, -0.2) is 0 Å². The summed E-state index contributed by atoms with van der Waals surface area (Å²) in [6, 6.07) is 9.19. The molecular formula is C18H27ClN2O. The zero-order valence-electron chi connectivity index (χ0n) is 13.7. The molecule has 4 heteroatoms. The highest BCUT2D eigenvalue weighted by Crippen LogP contribution is 2.48. The van der Waals surface area contributed by atoms with Crippen LogP contribution in [-0.4, -0.2) is 36.5 Å². The molecule has 2 aliphatic rings. The predicted molar refractivity (Wildman–Crippen MR) is 92.7 cm³/mol. The summed E-state index contributed by atoms with van der Waals surface area (Å²) in [6.45, 7) is 9.27. The van der Waals surface area contributed by atoms with Crippen molar-refractivity contribution in [2.45, 2.75) is 45.1 Å². The van der Waals surface area contributed by atoms with Crippen LogP contribution in [0.5, 0.6) is 0 Å². The van der Waals surface area contributed by atoms with E-state index in [0.29, 0.717) is 23.8 Å². The van der Waals surface area contributed by atoms with Crippen LogP contribution >= 0.6 is 12.4 Å². The smallest absolute Gasteiger partial charge is 0.226 e. The van der Waals surface area contributed by atoms with Gasteiger partial charge in [-0.05, 0) is 36.3 Å². The molecule has 1 amide bonds. The highest BCUT2D eigenvalue weighted by molar-refractivity contribution is 5.85. The van der Waals surface area contributed by atoms with E-state index in [1.54, 1.807) is 0 Å². The van der Waals surface area contributed by atoms with E-state index in [2.05, 4.69) is 55.3 Å². The Bertz CT molecular complexity index is 514. The molecule has 1 aliphatic carbocycles. The maximum atomic E-state index is 12.6. The number of benzene rings is 1. The standard InChI is InChI=1S/C18H26N2O.ClH/c1-12(2)14-4-6-15(7-5-14)16-10-17(16)18(21)20-9-8-19-11-13(20)3;/h4-7,12-13,16-17,19H,8-11H2,1-3H3;1H. The Morgan fingerprint density at radius 3 is 2.55 bits per heavy atom. The number of hydrogen-bond acceptors (Lipinski definition) is 2. The second-order valence-electron chi connectivity index (χ2n) is 6.85. The number of hydrogen-bond donors (Lipinski definition) is 1. The predicted octanol–water partition coefficient (Wildman–Crippen LogP) is 3.16. The van der Waals surface area contributed by atoms with Crippen molar-refractivity contribution < 1.29 is 4.79 Å². The Labute approximate surface area is 139 Å². The summed E-state index contributed by atoms with van der Waals surface area (Å²) in [6.07, 6.45) is 1.02. The van der Waals surface area contributed by atoms with Crippen LogP contribution in [-0.2, 0) is 4.79 Å². The van der Waals surface area contributed by atoms with Crippen LogP contribution in [0.4, 0.5) is 0 Å². The van der Waals surface area contributed by atoms with Crippen molar-refractivity contribution in [2.24, 2.45) is 5.92 Å². The fraction of sp³-hybridized carbons (Fsp3) is 0.611. The maximum Gasteiger partial charge on any atom is 0.226 e. The molecule has 2 fully saturated rings. The number of halogens is 1. The number of rotatable bonds is 3. The minimum atomic E-state index is 0. The third kappa shape index (κ3) is 3.47. The molecule has 0 spiro atoms. The number of nitrogens with zero attached hydrogens (tertiary/aromatic N) is 1. The quantitative estimate of drug-likeness (QED) is 0.927. The number of piperazine rings is 1. The van der Waals surface area contributed by atoms with Gasteiger partial charge < -0.3 is 10.2 Å². The van der Waals surface area contributed by atoms with Gasteiger partial charge in [0, 0.05) is 31.6 Å². The van der Waals surface area contributed by atoms with Gasteiger partial charge in [0.05, 0.1) is 0 Å². The van der Waals surface area contributed by atoms with E-state index >= 15 is 0 Å². The SMILES string of the molecule is CC(C)c1ccc(C2CC2C(=O)N2CCNCC2C)cc1.Cl. The number of carbonyl (C=O) groups is 1. The van der Waals surface area contributed by atoms with E-state index in [1.807, 2.05) is 0 Å². The number of amides is 1. The summed E-state index contributed by atoms with van der Waals surface area (Å²) in [4.78, 5) is 14.7. The van der Waals surface area contributed by atoms with Crippen molar-refractivity contribution in [1.29, 1.82) is 0 Å². The average Bonchev–Trinajstić information content (AvgIpc) is 3.27. The summed E-state index contributed by atoms with van der Waals surface area (Å²) in [5, 5.41) is 3.34. The molecule has 1 heterocycles. The van der Waals surface area contributed by atoms with E-state index in [-0.39, 0.29) is 18.3 Å². The molecule has 1 aromatic rings. The summed E-state index contributed by atoms with van der Waals surface area (Å²) < 4.78 is 0. The Balaban J connectivity index is 0.00000176. The minimum Gasteiger partial charge on any atom is -0.337 e. The minimum absolute atomic E-state index is 0. The molecule has 3 nitrogen and oxygen atoms in total. The summed E-state index contributed by atoms with van der Waals surface area (Å²) >= 11 is 0. The zero-order chi connectivity index (χ0) is 15.0. The summed E-state index contributed by atoms with van der Waals surface area (Å²) in [5.41, 5.74) is 2.71. The molecule has 1 aliphatic heterocycles. The molecule has 0 bridgehead atoms. The van der Waals surface area contributed by atoms with Gasteiger partial charge in [0.1, 0.15) is 0 Å². The first-order valence-electron chi connectivity index (χ1n) is 8.19. The van der Waals surface area contributed by atoms with E-state index in [1.165, 1.54) is 11.1 Å². The van der Waals surface area contributed by atoms with Crippen LogP contribution in [0.3, 0.4) is 0 Å². The van der Waals surface area contributed by atoms with Gasteiger partial charge in [0.2, 0.25) is 5.91 Å². The Kier molecular flexibility index (Phi) is 5.51. The van der Waals surface area contributed by atoms with Crippen molar-refractivity contribution in [3.63, 3.8) is 0 Å². The summed E-state index contributed by atoms with van der Waals surface area (Å²) in [5.74, 6) is 1.59. The lowest BCUT2D eigenvalue weighted by atomic mass is 9.99. The Morgan fingerprint density at radius 2 is 1.95 bits per heavy atom. The van der Waals surface area contributed by atoms with Crippen LogP contribution in [0.2, 0.25) is 0 Å². The molecule has 0 radical (unpaired) electrons. The first kappa shape index (κ1) is 17.3. The van der Waals surface area contributed by atoms with Crippen LogP contribution < -0.4 is 5.32 Å². The first-order valence-corrected chi connectivity index (χ1v) is 8.19. The fourth-order valence-electron chi connectivity index (χ4n) is 3.35. The third-order valence-electron chi connectivity index (χ3n) is 4.92. The molecule has 0 aromatic heterocycles. The molecule has 122 valence electrons. The van der Waals surface area contributed by atoms with Gasteiger partial charge in [-0.3, -0.25) is 4.79 Å². The second-order valence-corrected chi connectivity index (χ2v) is 6.85. The lowest BCUT2D eigenvalue weighted by molar-refractivity contribution is -0.135. The average molecular weight is 323 g/mol. The molecule has 1 saturated heterocycles. The lowest BCUT2D eigenvalue weighted by Crippen LogP contribution is -2.52. The maximum absolute atomic E-state index is 12.6. The highest BCUT2D eigenvalue weighted by atomic mass is 35.5. The first-order chi connectivity index (χ1) is 10.1.